The summed E-state index contributed by atoms with van der Waals surface area (Å²) < 4.78 is 41.1. The average Bonchev–Trinajstić information content (AvgIpc) is 3.49. The van der Waals surface area contributed by atoms with E-state index in [1.807, 2.05) is 37.3 Å². The lowest BCUT2D eigenvalue weighted by Gasteiger charge is -2.11. The largest absolute Gasteiger partial charge is 0.457 e. The van der Waals surface area contributed by atoms with Gasteiger partial charge in [-0.3, -0.25) is 4.79 Å². The fourth-order valence-electron chi connectivity index (χ4n) is 2.94. The first kappa shape index (κ1) is 27.2. The zero-order valence-electron chi connectivity index (χ0n) is 18.1. The molecule has 31 heavy (non-hydrogen) atoms. The molecule has 0 spiro atoms. The van der Waals surface area contributed by atoms with Gasteiger partial charge >= 0.3 is 12.1 Å². The van der Waals surface area contributed by atoms with Gasteiger partial charge < -0.3 is 14.9 Å². The van der Waals surface area contributed by atoms with Gasteiger partial charge in [0.1, 0.15) is 6.10 Å². The van der Waals surface area contributed by atoms with Crippen LogP contribution in [0.2, 0.25) is 0 Å². The molecule has 0 aliphatic heterocycles. The summed E-state index contributed by atoms with van der Waals surface area (Å²) >= 11 is 0. The van der Waals surface area contributed by atoms with Crippen molar-refractivity contribution in [1.29, 1.82) is 0 Å². The molecule has 0 bridgehead atoms. The number of carbonyl (C=O) groups is 1. The van der Waals surface area contributed by atoms with Crippen LogP contribution in [0.3, 0.4) is 0 Å². The van der Waals surface area contributed by atoms with Crippen molar-refractivity contribution in [2.24, 2.45) is 17.8 Å². The summed E-state index contributed by atoms with van der Waals surface area (Å²) in [5, 5.41) is 17.9. The highest BCUT2D eigenvalue weighted by atomic mass is 19.4. The summed E-state index contributed by atoms with van der Waals surface area (Å²) in [5.74, 6) is -0.130. The second-order valence-electron chi connectivity index (χ2n) is 7.88. The first-order valence-electron chi connectivity index (χ1n) is 10.9. The van der Waals surface area contributed by atoms with Gasteiger partial charge in [0.15, 0.2) is 0 Å². The van der Waals surface area contributed by atoms with Crippen LogP contribution in [0.1, 0.15) is 51.9 Å². The molecule has 0 aromatic rings. The predicted molar refractivity (Wildman–Crippen MR) is 115 cm³/mol. The topological polar surface area (TPSA) is 66.8 Å². The number of alkyl halides is 3. The van der Waals surface area contributed by atoms with Crippen molar-refractivity contribution in [3.8, 4) is 0 Å². The zero-order valence-corrected chi connectivity index (χ0v) is 18.1. The molecular weight excluding hydrogens is 409 g/mol. The molecule has 176 valence electrons. The Morgan fingerprint density at radius 2 is 1.68 bits per heavy atom. The van der Waals surface area contributed by atoms with Crippen molar-refractivity contribution in [3.05, 3.63) is 48.6 Å². The maximum Gasteiger partial charge on any atom is 0.389 e. The van der Waals surface area contributed by atoms with Gasteiger partial charge in [0.05, 0.1) is 19.1 Å². The number of rotatable bonds is 15. The fourth-order valence-corrected chi connectivity index (χ4v) is 2.94. The average molecular weight is 445 g/mol. The van der Waals surface area contributed by atoms with Crippen LogP contribution in [-0.4, -0.2) is 41.7 Å². The van der Waals surface area contributed by atoms with E-state index in [4.69, 9.17) is 14.9 Å². The Balaban J connectivity index is 2.10. The molecule has 2 N–H and O–H groups in total. The zero-order chi connectivity index (χ0) is 23.1. The lowest BCUT2D eigenvalue weighted by molar-refractivity contribution is -0.155. The molecule has 0 saturated heterocycles. The van der Waals surface area contributed by atoms with E-state index in [0.717, 1.165) is 19.3 Å². The van der Waals surface area contributed by atoms with Gasteiger partial charge in [-0.1, -0.05) is 55.5 Å². The molecule has 4 nitrogen and oxygen atoms in total. The molecule has 1 saturated carbocycles. The Morgan fingerprint density at radius 1 is 1.03 bits per heavy atom. The number of halogens is 3. The second-order valence-corrected chi connectivity index (χ2v) is 7.88. The molecule has 0 amide bonds. The lowest BCUT2D eigenvalue weighted by Crippen LogP contribution is -2.26. The molecule has 1 rings (SSSR count). The van der Waals surface area contributed by atoms with Crippen LogP contribution in [0.15, 0.2) is 48.6 Å². The first-order chi connectivity index (χ1) is 14.8. The Labute approximate surface area is 183 Å². The summed E-state index contributed by atoms with van der Waals surface area (Å²) in [5.41, 5.74) is 0. The summed E-state index contributed by atoms with van der Waals surface area (Å²) in [6, 6.07) is 0. The number of allylic oxidation sites excluding steroid dienone is 8. The van der Waals surface area contributed by atoms with E-state index in [-0.39, 0.29) is 43.4 Å². The van der Waals surface area contributed by atoms with E-state index in [2.05, 4.69) is 18.2 Å². The van der Waals surface area contributed by atoms with Crippen LogP contribution >= 0.6 is 0 Å². The van der Waals surface area contributed by atoms with Crippen molar-refractivity contribution in [3.63, 3.8) is 0 Å². The first-order valence-corrected chi connectivity index (χ1v) is 10.9. The van der Waals surface area contributed by atoms with Crippen LogP contribution < -0.4 is 0 Å². The van der Waals surface area contributed by atoms with E-state index >= 15 is 0 Å². The molecule has 0 unspecified atom stereocenters. The number of aliphatic hydroxyl groups is 2. The van der Waals surface area contributed by atoms with Crippen molar-refractivity contribution >= 4 is 5.97 Å². The number of unbranched alkanes of at least 4 members (excludes halogenated alkanes) is 2. The molecular formula is C24H35F3O4. The third-order valence-electron chi connectivity index (χ3n) is 4.89. The van der Waals surface area contributed by atoms with Gasteiger partial charge in [-0.15, -0.1) is 0 Å². The Kier molecular flexibility index (Phi) is 13.2. The van der Waals surface area contributed by atoms with Gasteiger partial charge in [0.2, 0.25) is 0 Å². The maximum atomic E-state index is 12.0. The van der Waals surface area contributed by atoms with Gasteiger partial charge in [-0.05, 0) is 50.4 Å². The molecule has 0 aromatic heterocycles. The van der Waals surface area contributed by atoms with Crippen molar-refractivity contribution < 1.29 is 32.9 Å². The molecule has 7 heteroatoms. The van der Waals surface area contributed by atoms with E-state index in [1.54, 1.807) is 0 Å². The van der Waals surface area contributed by atoms with Crippen LogP contribution in [0.4, 0.5) is 13.2 Å². The highest BCUT2D eigenvalue weighted by Crippen LogP contribution is 2.40. The predicted octanol–water partition coefficient (Wildman–Crippen LogP) is 5.28. The lowest BCUT2D eigenvalue weighted by atomic mass is 10.1. The molecule has 3 atom stereocenters. The summed E-state index contributed by atoms with van der Waals surface area (Å²) in [6.45, 7) is 1.28. The van der Waals surface area contributed by atoms with Gasteiger partial charge in [-0.25, -0.2) is 0 Å². The summed E-state index contributed by atoms with van der Waals surface area (Å²) in [4.78, 5) is 11.8. The molecule has 1 aliphatic carbocycles. The van der Waals surface area contributed by atoms with Crippen molar-refractivity contribution in [2.45, 2.75) is 64.1 Å². The highest BCUT2D eigenvalue weighted by molar-refractivity contribution is 5.76. The van der Waals surface area contributed by atoms with Gasteiger partial charge in [-0.2, -0.15) is 13.2 Å². The SMILES string of the molecule is C[C@H](/C=C\C/C=C\C/C=C\[C@H]1C[C@H]1C(=O)OC(CO)CO)/C=C\CCCCC(F)(F)F. The number of ether oxygens (including phenoxy) is 1. The molecule has 1 aliphatic rings. The van der Waals surface area contributed by atoms with E-state index in [9.17, 15) is 18.0 Å². The number of hydrogen-bond donors (Lipinski definition) is 2. The Bertz CT molecular complexity index is 619. The minimum absolute atomic E-state index is 0.167. The third kappa shape index (κ3) is 13.9. The van der Waals surface area contributed by atoms with Crippen molar-refractivity contribution in [2.75, 3.05) is 13.2 Å². The normalized spacial score (nSPS) is 20.6. The highest BCUT2D eigenvalue weighted by Gasteiger charge is 2.43. The second kappa shape index (κ2) is 15.0. The summed E-state index contributed by atoms with van der Waals surface area (Å²) in [6.07, 6.45) is 14.3. The van der Waals surface area contributed by atoms with E-state index < -0.39 is 18.7 Å². The molecule has 0 heterocycles. The molecule has 1 fully saturated rings. The van der Waals surface area contributed by atoms with Crippen LogP contribution in [0.5, 0.6) is 0 Å². The Hall–Kier alpha value is -1.86. The number of aliphatic hydroxyl groups excluding tert-OH is 2. The van der Waals surface area contributed by atoms with Crippen molar-refractivity contribution in [1.82, 2.24) is 0 Å². The number of carbonyl (C=O) groups excluding carboxylic acids is 1. The fraction of sp³-hybridized carbons (Fsp3) is 0.625. The number of hydrogen-bond acceptors (Lipinski definition) is 4. The Morgan fingerprint density at radius 3 is 2.32 bits per heavy atom. The van der Waals surface area contributed by atoms with E-state index in [0.29, 0.717) is 12.8 Å². The molecule has 0 aromatic carbocycles. The van der Waals surface area contributed by atoms with Crippen LogP contribution in [0, 0.1) is 17.8 Å². The minimum atomic E-state index is -4.05. The van der Waals surface area contributed by atoms with Crippen LogP contribution in [0.25, 0.3) is 0 Å². The smallest absolute Gasteiger partial charge is 0.389 e. The maximum absolute atomic E-state index is 12.0. The van der Waals surface area contributed by atoms with Gasteiger partial charge in [0, 0.05) is 6.42 Å². The van der Waals surface area contributed by atoms with Gasteiger partial charge in [0.25, 0.3) is 0 Å². The number of esters is 1. The molecule has 0 radical (unpaired) electrons. The van der Waals surface area contributed by atoms with Crippen LogP contribution in [-0.2, 0) is 9.53 Å². The van der Waals surface area contributed by atoms with E-state index in [1.165, 1.54) is 0 Å². The third-order valence-corrected chi connectivity index (χ3v) is 4.89. The monoisotopic (exact) mass is 444 g/mol. The minimum Gasteiger partial charge on any atom is -0.457 e. The summed E-state index contributed by atoms with van der Waals surface area (Å²) in [7, 11) is 0. The quantitative estimate of drug-likeness (QED) is 0.205. The standard InChI is InChI=1S/C24H35F3O4/c1-19(13-9-6-7-11-15-24(25,26)27)12-8-4-2-3-5-10-14-20-16-22(20)23(30)31-21(17-28)18-29/h2-3,8-10,12-14,19-22,28-29H,4-7,11,15-18H2,1H3/b3-2-,12-8-,13-9-,14-10-/t19-,20+,22-/m1/s1.